The largest absolute Gasteiger partial charge is 0.507 e. The van der Waals surface area contributed by atoms with Crippen molar-refractivity contribution in [1.29, 1.82) is 0 Å². The number of carbonyl (C=O) groups excluding carboxylic acids is 1. The summed E-state index contributed by atoms with van der Waals surface area (Å²) < 4.78 is 0. The third kappa shape index (κ3) is 3.34. The van der Waals surface area contributed by atoms with Crippen molar-refractivity contribution in [3.63, 3.8) is 0 Å². The van der Waals surface area contributed by atoms with Crippen LogP contribution in [-0.2, 0) is 5.41 Å². The van der Waals surface area contributed by atoms with E-state index in [1.165, 1.54) is 18.2 Å². The van der Waals surface area contributed by atoms with E-state index in [9.17, 15) is 15.0 Å². The van der Waals surface area contributed by atoms with E-state index in [2.05, 4.69) is 26.1 Å². The molecule has 0 aliphatic heterocycles. The predicted molar refractivity (Wildman–Crippen MR) is 82.9 cm³/mol. The second-order valence-corrected chi connectivity index (χ2v) is 5.95. The van der Waals surface area contributed by atoms with Gasteiger partial charge in [-0.3, -0.25) is 4.79 Å². The standard InChI is InChI=1S/C17H19NO3/c1-17(2,3)11-7-9-12(10-8-11)18-16(21)15-13(19)5-4-6-14(15)20/h4-10,19-20H,1-3H3,(H,18,21). The molecule has 2 aromatic rings. The zero-order valence-electron chi connectivity index (χ0n) is 12.3. The van der Waals surface area contributed by atoms with Crippen LogP contribution in [0.3, 0.4) is 0 Å². The fourth-order valence-electron chi connectivity index (χ4n) is 2.01. The van der Waals surface area contributed by atoms with Gasteiger partial charge in [-0.05, 0) is 35.2 Å². The molecule has 0 saturated carbocycles. The smallest absolute Gasteiger partial charge is 0.263 e. The van der Waals surface area contributed by atoms with Crippen molar-refractivity contribution in [3.05, 3.63) is 53.6 Å². The Morgan fingerprint density at radius 2 is 1.48 bits per heavy atom. The molecule has 0 fully saturated rings. The van der Waals surface area contributed by atoms with Gasteiger partial charge in [0.1, 0.15) is 17.1 Å². The Morgan fingerprint density at radius 1 is 0.952 bits per heavy atom. The number of hydrogen-bond acceptors (Lipinski definition) is 3. The third-order valence-corrected chi connectivity index (χ3v) is 3.26. The normalized spacial score (nSPS) is 11.2. The first kappa shape index (κ1) is 14.9. The van der Waals surface area contributed by atoms with E-state index in [0.29, 0.717) is 5.69 Å². The predicted octanol–water partition coefficient (Wildman–Crippen LogP) is 3.65. The summed E-state index contributed by atoms with van der Waals surface area (Å²) in [6, 6.07) is 11.7. The van der Waals surface area contributed by atoms with Crippen LogP contribution < -0.4 is 5.32 Å². The number of phenols is 2. The highest BCUT2D eigenvalue weighted by Crippen LogP contribution is 2.28. The lowest BCUT2D eigenvalue weighted by atomic mass is 9.87. The van der Waals surface area contributed by atoms with Crippen molar-refractivity contribution in [3.8, 4) is 11.5 Å². The Morgan fingerprint density at radius 3 is 1.95 bits per heavy atom. The first-order valence-corrected chi connectivity index (χ1v) is 6.72. The highest BCUT2D eigenvalue weighted by molar-refractivity contribution is 6.08. The van der Waals surface area contributed by atoms with Crippen LogP contribution in [0.1, 0.15) is 36.7 Å². The van der Waals surface area contributed by atoms with Gasteiger partial charge in [0.25, 0.3) is 5.91 Å². The number of benzene rings is 2. The first-order chi connectivity index (χ1) is 9.79. The van der Waals surface area contributed by atoms with Gasteiger partial charge in [-0.25, -0.2) is 0 Å². The van der Waals surface area contributed by atoms with Gasteiger partial charge < -0.3 is 15.5 Å². The minimum Gasteiger partial charge on any atom is -0.507 e. The van der Waals surface area contributed by atoms with Crippen LogP contribution in [0.25, 0.3) is 0 Å². The van der Waals surface area contributed by atoms with Gasteiger partial charge in [-0.1, -0.05) is 39.0 Å². The number of nitrogens with one attached hydrogen (secondary N) is 1. The molecule has 1 amide bonds. The van der Waals surface area contributed by atoms with Gasteiger partial charge in [0.05, 0.1) is 0 Å². The number of phenolic OH excluding ortho intramolecular Hbond substituents is 2. The van der Waals surface area contributed by atoms with Gasteiger partial charge in [0, 0.05) is 5.69 Å². The SMILES string of the molecule is CC(C)(C)c1ccc(NC(=O)c2c(O)cccc2O)cc1. The van der Waals surface area contributed by atoms with Crippen LogP contribution in [0.5, 0.6) is 11.5 Å². The van der Waals surface area contributed by atoms with E-state index < -0.39 is 5.91 Å². The Balaban J connectivity index is 2.21. The topological polar surface area (TPSA) is 69.6 Å². The minimum atomic E-state index is -0.547. The lowest BCUT2D eigenvalue weighted by molar-refractivity contribution is 0.102. The van der Waals surface area contributed by atoms with E-state index in [-0.39, 0.29) is 22.5 Å². The molecule has 0 radical (unpaired) electrons. The van der Waals surface area contributed by atoms with Crippen LogP contribution in [-0.4, -0.2) is 16.1 Å². The molecule has 0 heterocycles. The zero-order chi connectivity index (χ0) is 15.6. The summed E-state index contributed by atoms with van der Waals surface area (Å²) in [7, 11) is 0. The zero-order valence-corrected chi connectivity index (χ0v) is 12.3. The maximum atomic E-state index is 12.1. The summed E-state index contributed by atoms with van der Waals surface area (Å²) in [5.41, 5.74) is 1.68. The average molecular weight is 285 g/mol. The van der Waals surface area contributed by atoms with E-state index >= 15 is 0 Å². The minimum absolute atomic E-state index is 0.0402. The second-order valence-electron chi connectivity index (χ2n) is 5.95. The monoisotopic (exact) mass is 285 g/mol. The molecular weight excluding hydrogens is 266 g/mol. The number of carbonyl (C=O) groups is 1. The molecule has 0 saturated heterocycles. The summed E-state index contributed by atoms with van der Waals surface area (Å²) in [6.07, 6.45) is 0. The molecule has 0 aromatic heterocycles. The van der Waals surface area contributed by atoms with E-state index in [4.69, 9.17) is 0 Å². The lowest BCUT2D eigenvalue weighted by Gasteiger charge is -2.19. The molecule has 21 heavy (non-hydrogen) atoms. The molecule has 0 aliphatic carbocycles. The second kappa shape index (κ2) is 5.48. The first-order valence-electron chi connectivity index (χ1n) is 6.72. The van der Waals surface area contributed by atoms with Crippen molar-refractivity contribution in [2.24, 2.45) is 0 Å². The van der Waals surface area contributed by atoms with Crippen molar-refractivity contribution < 1.29 is 15.0 Å². The van der Waals surface area contributed by atoms with Crippen LogP contribution in [0.4, 0.5) is 5.69 Å². The van der Waals surface area contributed by atoms with Gasteiger partial charge >= 0.3 is 0 Å². The molecule has 0 spiro atoms. The fourth-order valence-corrected chi connectivity index (χ4v) is 2.01. The fraction of sp³-hybridized carbons (Fsp3) is 0.235. The number of amides is 1. The summed E-state index contributed by atoms with van der Waals surface area (Å²) in [5.74, 6) is -1.05. The highest BCUT2D eigenvalue weighted by atomic mass is 16.3. The maximum Gasteiger partial charge on any atom is 0.263 e. The molecule has 0 atom stereocenters. The van der Waals surface area contributed by atoms with E-state index in [0.717, 1.165) is 5.56 Å². The maximum absolute atomic E-state index is 12.1. The van der Waals surface area contributed by atoms with Gasteiger partial charge in [0.15, 0.2) is 0 Å². The summed E-state index contributed by atoms with van der Waals surface area (Å²) in [4.78, 5) is 12.1. The van der Waals surface area contributed by atoms with Crippen molar-refractivity contribution >= 4 is 11.6 Å². The summed E-state index contributed by atoms with van der Waals surface area (Å²) in [5, 5.41) is 22.0. The molecule has 2 aromatic carbocycles. The van der Waals surface area contributed by atoms with Crippen LogP contribution in [0.15, 0.2) is 42.5 Å². The molecule has 0 bridgehead atoms. The van der Waals surface area contributed by atoms with Crippen LogP contribution >= 0.6 is 0 Å². The summed E-state index contributed by atoms with van der Waals surface area (Å²) in [6.45, 7) is 6.34. The lowest BCUT2D eigenvalue weighted by Crippen LogP contribution is -2.14. The highest BCUT2D eigenvalue weighted by Gasteiger charge is 2.17. The van der Waals surface area contributed by atoms with Gasteiger partial charge in [0.2, 0.25) is 0 Å². The van der Waals surface area contributed by atoms with Crippen molar-refractivity contribution in [2.75, 3.05) is 5.32 Å². The number of anilines is 1. The third-order valence-electron chi connectivity index (χ3n) is 3.26. The van der Waals surface area contributed by atoms with Gasteiger partial charge in [-0.2, -0.15) is 0 Å². The Labute approximate surface area is 124 Å². The molecule has 4 heteroatoms. The summed E-state index contributed by atoms with van der Waals surface area (Å²) >= 11 is 0. The van der Waals surface area contributed by atoms with Crippen LogP contribution in [0.2, 0.25) is 0 Å². The Kier molecular flexibility index (Phi) is 3.89. The van der Waals surface area contributed by atoms with Gasteiger partial charge in [-0.15, -0.1) is 0 Å². The molecular formula is C17H19NO3. The van der Waals surface area contributed by atoms with Crippen LogP contribution in [0, 0.1) is 0 Å². The quantitative estimate of drug-likeness (QED) is 0.789. The van der Waals surface area contributed by atoms with E-state index in [1.54, 1.807) is 12.1 Å². The van der Waals surface area contributed by atoms with Crippen molar-refractivity contribution in [2.45, 2.75) is 26.2 Å². The molecule has 2 rings (SSSR count). The van der Waals surface area contributed by atoms with E-state index in [1.807, 2.05) is 12.1 Å². The number of rotatable bonds is 2. The number of hydrogen-bond donors (Lipinski definition) is 3. The molecule has 0 unspecified atom stereocenters. The molecule has 0 aliphatic rings. The number of aromatic hydroxyl groups is 2. The molecule has 4 nitrogen and oxygen atoms in total. The molecule has 3 N–H and O–H groups in total. The Bertz CT molecular complexity index is 634. The molecule has 110 valence electrons. The Hall–Kier alpha value is -2.49. The average Bonchev–Trinajstić information content (AvgIpc) is 2.38. The van der Waals surface area contributed by atoms with Crippen molar-refractivity contribution in [1.82, 2.24) is 0 Å².